The van der Waals surface area contributed by atoms with Gasteiger partial charge < -0.3 is 20.4 Å². The SMILES string of the molecule is Cc1c(C(N)=O)c(C)n(CC2CCNCC2)c1OC=O. The van der Waals surface area contributed by atoms with Gasteiger partial charge in [-0.3, -0.25) is 9.59 Å². The van der Waals surface area contributed by atoms with E-state index in [1.54, 1.807) is 6.92 Å². The first kappa shape index (κ1) is 14.6. The predicted molar refractivity (Wildman–Crippen MR) is 74.7 cm³/mol. The fourth-order valence-electron chi connectivity index (χ4n) is 2.97. The Morgan fingerprint density at radius 2 is 2.10 bits per heavy atom. The van der Waals surface area contributed by atoms with Gasteiger partial charge in [-0.15, -0.1) is 0 Å². The molecular formula is C14H21N3O3. The van der Waals surface area contributed by atoms with Crippen LogP contribution in [0.5, 0.6) is 5.88 Å². The summed E-state index contributed by atoms with van der Waals surface area (Å²) in [5, 5.41) is 3.32. The zero-order chi connectivity index (χ0) is 14.7. The predicted octanol–water partition coefficient (Wildman–Crippen LogP) is 0.739. The number of hydrogen-bond donors (Lipinski definition) is 2. The van der Waals surface area contributed by atoms with Crippen LogP contribution in [0.25, 0.3) is 0 Å². The number of aromatic nitrogens is 1. The maximum Gasteiger partial charge on any atom is 0.299 e. The third-order valence-electron chi connectivity index (χ3n) is 4.01. The van der Waals surface area contributed by atoms with E-state index in [-0.39, 0.29) is 0 Å². The minimum Gasteiger partial charge on any atom is -0.411 e. The summed E-state index contributed by atoms with van der Waals surface area (Å²) in [5.74, 6) is 0.459. The lowest BCUT2D eigenvalue weighted by atomic mass is 9.98. The molecule has 3 N–H and O–H groups in total. The fraction of sp³-hybridized carbons (Fsp3) is 0.571. The van der Waals surface area contributed by atoms with Crippen LogP contribution in [0.4, 0.5) is 0 Å². The van der Waals surface area contributed by atoms with E-state index in [9.17, 15) is 9.59 Å². The first-order chi connectivity index (χ1) is 9.56. The van der Waals surface area contributed by atoms with Crippen LogP contribution in [0.2, 0.25) is 0 Å². The molecule has 1 aliphatic heterocycles. The van der Waals surface area contributed by atoms with Crippen LogP contribution >= 0.6 is 0 Å². The van der Waals surface area contributed by atoms with Crippen LogP contribution < -0.4 is 15.8 Å². The van der Waals surface area contributed by atoms with Gasteiger partial charge in [-0.2, -0.15) is 0 Å². The van der Waals surface area contributed by atoms with Crippen LogP contribution in [0.1, 0.15) is 34.5 Å². The molecule has 110 valence electrons. The van der Waals surface area contributed by atoms with E-state index in [1.807, 2.05) is 11.5 Å². The largest absolute Gasteiger partial charge is 0.411 e. The van der Waals surface area contributed by atoms with Gasteiger partial charge in [0, 0.05) is 17.8 Å². The Bertz CT molecular complexity index is 516. The zero-order valence-corrected chi connectivity index (χ0v) is 11.9. The summed E-state index contributed by atoms with van der Waals surface area (Å²) in [6, 6.07) is 0. The third-order valence-corrected chi connectivity index (χ3v) is 4.01. The van der Waals surface area contributed by atoms with Gasteiger partial charge in [-0.25, -0.2) is 0 Å². The van der Waals surface area contributed by atoms with Crippen LogP contribution in [0.3, 0.4) is 0 Å². The topological polar surface area (TPSA) is 86.3 Å². The van der Waals surface area contributed by atoms with E-state index in [1.165, 1.54) is 0 Å². The Balaban J connectivity index is 2.36. The number of primary amides is 1. The number of nitrogens with zero attached hydrogens (tertiary/aromatic N) is 1. The minimum absolute atomic E-state index is 0.394. The molecule has 20 heavy (non-hydrogen) atoms. The molecule has 0 aromatic carbocycles. The maximum atomic E-state index is 11.6. The Morgan fingerprint density at radius 1 is 1.45 bits per heavy atom. The van der Waals surface area contributed by atoms with E-state index >= 15 is 0 Å². The number of nitrogens with two attached hydrogens (primary N) is 1. The number of amides is 1. The van der Waals surface area contributed by atoms with Crippen molar-refractivity contribution in [2.24, 2.45) is 11.7 Å². The van der Waals surface area contributed by atoms with Crippen LogP contribution in [0, 0.1) is 19.8 Å². The highest BCUT2D eigenvalue weighted by atomic mass is 16.5. The average molecular weight is 279 g/mol. The zero-order valence-electron chi connectivity index (χ0n) is 11.9. The van der Waals surface area contributed by atoms with Crippen molar-refractivity contribution in [3.05, 3.63) is 16.8 Å². The molecule has 0 spiro atoms. The van der Waals surface area contributed by atoms with Gasteiger partial charge in [0.05, 0.1) is 5.56 Å². The second-order valence-electron chi connectivity index (χ2n) is 5.27. The van der Waals surface area contributed by atoms with Crippen LogP contribution in [-0.2, 0) is 11.3 Å². The van der Waals surface area contributed by atoms with Gasteiger partial charge >= 0.3 is 0 Å². The lowest BCUT2D eigenvalue weighted by molar-refractivity contribution is -0.121. The number of carbonyl (C=O) groups is 2. The van der Waals surface area contributed by atoms with E-state index < -0.39 is 5.91 Å². The van der Waals surface area contributed by atoms with Gasteiger partial charge in [0.15, 0.2) is 0 Å². The fourth-order valence-corrected chi connectivity index (χ4v) is 2.97. The molecule has 1 aromatic heterocycles. The number of carbonyl (C=O) groups excluding carboxylic acids is 2. The molecule has 1 fully saturated rings. The number of hydrogen-bond acceptors (Lipinski definition) is 4. The highest BCUT2D eigenvalue weighted by Crippen LogP contribution is 2.30. The summed E-state index contributed by atoms with van der Waals surface area (Å²) in [6.07, 6.45) is 2.15. The average Bonchev–Trinajstić information content (AvgIpc) is 2.64. The molecule has 0 unspecified atom stereocenters. The van der Waals surface area contributed by atoms with Crippen molar-refractivity contribution in [2.75, 3.05) is 13.1 Å². The summed E-state index contributed by atoms with van der Waals surface area (Å²) in [7, 11) is 0. The van der Waals surface area contributed by atoms with E-state index in [2.05, 4.69) is 5.32 Å². The Labute approximate surface area is 118 Å². The molecule has 2 rings (SSSR count). The van der Waals surface area contributed by atoms with Crippen molar-refractivity contribution < 1.29 is 14.3 Å². The van der Waals surface area contributed by atoms with Crippen molar-refractivity contribution in [1.29, 1.82) is 0 Å². The van der Waals surface area contributed by atoms with Gasteiger partial charge in [-0.05, 0) is 45.7 Å². The Morgan fingerprint density at radius 3 is 2.65 bits per heavy atom. The van der Waals surface area contributed by atoms with Crippen molar-refractivity contribution in [3.63, 3.8) is 0 Å². The van der Waals surface area contributed by atoms with E-state index in [0.717, 1.165) is 38.2 Å². The molecule has 1 amide bonds. The van der Waals surface area contributed by atoms with Crippen LogP contribution in [-0.4, -0.2) is 30.0 Å². The molecular weight excluding hydrogens is 258 g/mol. The highest BCUT2D eigenvalue weighted by molar-refractivity contribution is 5.96. The first-order valence-corrected chi connectivity index (χ1v) is 6.86. The molecule has 0 radical (unpaired) electrons. The molecule has 2 heterocycles. The molecule has 0 bridgehead atoms. The normalized spacial score (nSPS) is 16.1. The summed E-state index contributed by atoms with van der Waals surface area (Å²) >= 11 is 0. The van der Waals surface area contributed by atoms with E-state index in [4.69, 9.17) is 10.5 Å². The van der Waals surface area contributed by atoms with Gasteiger partial charge in [0.1, 0.15) is 0 Å². The maximum absolute atomic E-state index is 11.6. The van der Waals surface area contributed by atoms with E-state index in [0.29, 0.717) is 29.4 Å². The summed E-state index contributed by atoms with van der Waals surface area (Å²) in [4.78, 5) is 22.3. The highest BCUT2D eigenvalue weighted by Gasteiger charge is 2.24. The summed E-state index contributed by atoms with van der Waals surface area (Å²) < 4.78 is 6.98. The molecule has 1 saturated heterocycles. The molecule has 6 heteroatoms. The second kappa shape index (κ2) is 6.09. The molecule has 1 aliphatic rings. The number of rotatable bonds is 5. The number of ether oxygens (including phenoxy) is 1. The third kappa shape index (κ3) is 2.70. The molecule has 1 aromatic rings. The lowest BCUT2D eigenvalue weighted by Gasteiger charge is -2.24. The number of piperidine rings is 1. The quantitative estimate of drug-likeness (QED) is 0.778. The molecule has 6 nitrogen and oxygen atoms in total. The van der Waals surface area contributed by atoms with Crippen molar-refractivity contribution >= 4 is 12.4 Å². The first-order valence-electron chi connectivity index (χ1n) is 6.86. The van der Waals surface area contributed by atoms with Crippen LogP contribution in [0.15, 0.2) is 0 Å². The molecule has 0 atom stereocenters. The van der Waals surface area contributed by atoms with Crippen molar-refractivity contribution in [2.45, 2.75) is 33.2 Å². The summed E-state index contributed by atoms with van der Waals surface area (Å²) in [5.41, 5.74) is 7.28. The van der Waals surface area contributed by atoms with Crippen molar-refractivity contribution in [1.82, 2.24) is 9.88 Å². The Hall–Kier alpha value is -1.82. The smallest absolute Gasteiger partial charge is 0.299 e. The van der Waals surface area contributed by atoms with Gasteiger partial charge in [0.25, 0.3) is 12.4 Å². The summed E-state index contributed by atoms with van der Waals surface area (Å²) in [6.45, 7) is 6.72. The van der Waals surface area contributed by atoms with Crippen molar-refractivity contribution in [3.8, 4) is 5.88 Å². The molecule has 0 saturated carbocycles. The van der Waals surface area contributed by atoms with Gasteiger partial charge in [0.2, 0.25) is 5.88 Å². The lowest BCUT2D eigenvalue weighted by Crippen LogP contribution is -2.30. The monoisotopic (exact) mass is 279 g/mol. The number of nitrogens with one attached hydrogen (secondary N) is 1. The Kier molecular flexibility index (Phi) is 4.44. The standard InChI is InChI=1S/C14H21N3O3/c1-9-12(13(15)19)10(2)17(14(9)20-8-18)7-11-3-5-16-6-4-11/h8,11,16H,3-7H2,1-2H3,(H2,15,19). The molecule has 0 aliphatic carbocycles. The van der Waals surface area contributed by atoms with Gasteiger partial charge in [-0.1, -0.05) is 0 Å². The second-order valence-corrected chi connectivity index (χ2v) is 5.27. The minimum atomic E-state index is -0.486.